The molecule has 1 aromatic carbocycles. The Morgan fingerprint density at radius 3 is 2.35 bits per heavy atom. The van der Waals surface area contributed by atoms with E-state index in [1.807, 2.05) is 24.3 Å². The number of Topliss-reactive ketones (excluding diaryl/α,β-unsaturated/α-hetero) is 1. The number of carbonyl (C=O) groups is 2. The van der Waals surface area contributed by atoms with Gasteiger partial charge in [0.15, 0.2) is 5.78 Å². The fourth-order valence-corrected chi connectivity index (χ4v) is 5.68. The van der Waals surface area contributed by atoms with Gasteiger partial charge >= 0.3 is 0 Å². The van der Waals surface area contributed by atoms with Gasteiger partial charge in [0, 0.05) is 11.5 Å². The summed E-state index contributed by atoms with van der Waals surface area (Å²) in [4.78, 5) is 25.7. The zero-order valence-electron chi connectivity index (χ0n) is 16.7. The maximum absolute atomic E-state index is 13.1. The highest BCUT2D eigenvalue weighted by molar-refractivity contribution is 6.48. The van der Waals surface area contributed by atoms with Crippen molar-refractivity contribution in [2.45, 2.75) is 65.3 Å². The lowest BCUT2D eigenvalue weighted by Crippen LogP contribution is -2.73. The number of β-lactam (4-membered cyclic amide) rings is 1. The summed E-state index contributed by atoms with van der Waals surface area (Å²) in [5.41, 5.74) is 1.15. The Morgan fingerprint density at radius 1 is 1.12 bits per heavy atom. The molecule has 1 radical (unpaired) electrons. The summed E-state index contributed by atoms with van der Waals surface area (Å²) in [5, 5.41) is 3.05. The molecule has 141 valence electrons. The van der Waals surface area contributed by atoms with Crippen molar-refractivity contribution in [3.8, 4) is 0 Å². The number of amides is 1. The van der Waals surface area contributed by atoms with Crippen LogP contribution in [0, 0.1) is 17.3 Å². The van der Waals surface area contributed by atoms with Crippen LogP contribution in [0.3, 0.4) is 0 Å². The Bertz CT molecular complexity index is 724. The van der Waals surface area contributed by atoms with Crippen molar-refractivity contribution in [2.24, 2.45) is 17.3 Å². The molecule has 26 heavy (non-hydrogen) atoms. The van der Waals surface area contributed by atoms with E-state index in [0.29, 0.717) is 0 Å². The molecule has 4 atom stereocenters. The monoisotopic (exact) mass is 372 g/mol. The van der Waals surface area contributed by atoms with Gasteiger partial charge < -0.3 is 9.74 Å². The highest BCUT2D eigenvalue weighted by atomic mass is 28.3. The van der Waals surface area contributed by atoms with Gasteiger partial charge in [0.2, 0.25) is 14.9 Å². The largest absolute Gasteiger partial charge is 0.411 e. The minimum Gasteiger partial charge on any atom is -0.411 e. The topological polar surface area (TPSA) is 55.4 Å². The fraction of sp³-hybridized carbons (Fsp3) is 0.619. The second kappa shape index (κ2) is 6.61. The van der Waals surface area contributed by atoms with E-state index in [4.69, 9.17) is 4.43 Å². The smallest absolute Gasteiger partial charge is 0.228 e. The Balaban J connectivity index is 1.92. The molecule has 1 heterocycles. The van der Waals surface area contributed by atoms with Gasteiger partial charge in [-0.2, -0.15) is 0 Å². The van der Waals surface area contributed by atoms with Crippen molar-refractivity contribution >= 4 is 20.7 Å². The van der Waals surface area contributed by atoms with Crippen LogP contribution in [0.1, 0.15) is 50.0 Å². The first-order chi connectivity index (χ1) is 12.1. The number of nitrogens with one attached hydrogen (secondary N) is 1. The molecule has 1 aliphatic heterocycles. The van der Waals surface area contributed by atoms with Gasteiger partial charge in [-0.25, -0.2) is 0 Å². The molecule has 1 aliphatic carbocycles. The van der Waals surface area contributed by atoms with Gasteiger partial charge in [0.05, 0.1) is 17.6 Å². The number of rotatable bonds is 4. The van der Waals surface area contributed by atoms with Crippen LogP contribution in [-0.4, -0.2) is 32.4 Å². The fourth-order valence-electron chi connectivity index (χ4n) is 4.40. The summed E-state index contributed by atoms with van der Waals surface area (Å²) in [6.07, 6.45) is 1.67. The van der Waals surface area contributed by atoms with Gasteiger partial charge in [-0.05, 0) is 43.8 Å². The van der Waals surface area contributed by atoms with Gasteiger partial charge in [0.1, 0.15) is 0 Å². The van der Waals surface area contributed by atoms with Crippen LogP contribution in [0.15, 0.2) is 24.3 Å². The summed E-state index contributed by atoms with van der Waals surface area (Å²) in [6, 6.07) is 7.70. The van der Waals surface area contributed by atoms with Crippen LogP contribution in [0.5, 0.6) is 0 Å². The first-order valence-corrected chi connectivity index (χ1v) is 11.9. The average Bonchev–Trinajstić information content (AvgIpc) is 2.52. The molecule has 0 bridgehead atoms. The molecule has 4 nitrogen and oxygen atoms in total. The van der Waals surface area contributed by atoms with Crippen molar-refractivity contribution in [1.82, 2.24) is 5.32 Å². The molecule has 1 fully saturated rings. The minimum absolute atomic E-state index is 0.0160. The van der Waals surface area contributed by atoms with Crippen molar-refractivity contribution in [3.05, 3.63) is 35.4 Å². The molecule has 1 aromatic rings. The first kappa shape index (κ1) is 19.3. The number of carbonyl (C=O) groups excluding carboxylic acids is 2. The molecule has 1 N–H and O–H groups in total. The third-order valence-electron chi connectivity index (χ3n) is 6.23. The predicted molar refractivity (Wildman–Crippen MR) is 104 cm³/mol. The molecule has 5 heteroatoms. The van der Waals surface area contributed by atoms with Crippen LogP contribution in [0.25, 0.3) is 0 Å². The molecule has 0 saturated carbocycles. The van der Waals surface area contributed by atoms with Gasteiger partial charge in [0.25, 0.3) is 0 Å². The SMILES string of the molecule is C[Si](C)O[C@](C)([C@H]1C(=O)N[C@@H]1[C@H]1CCc2ccccc2C1=O)C(C)(C)C. The molecular weight excluding hydrogens is 342 g/mol. The molecule has 3 rings (SSSR count). The quantitative estimate of drug-likeness (QED) is 0.649. The summed E-state index contributed by atoms with van der Waals surface area (Å²) >= 11 is 0. The maximum Gasteiger partial charge on any atom is 0.228 e. The number of hydrogen-bond donors (Lipinski definition) is 1. The van der Waals surface area contributed by atoms with E-state index in [-0.39, 0.29) is 35.0 Å². The van der Waals surface area contributed by atoms with E-state index < -0.39 is 14.6 Å². The van der Waals surface area contributed by atoms with Gasteiger partial charge in [-0.15, -0.1) is 0 Å². The van der Waals surface area contributed by atoms with E-state index in [0.717, 1.165) is 24.0 Å². The zero-order valence-corrected chi connectivity index (χ0v) is 17.7. The molecular formula is C21H30NO3Si. The number of benzene rings is 1. The third-order valence-corrected chi connectivity index (χ3v) is 7.06. The Hall–Kier alpha value is -1.46. The molecule has 1 amide bonds. The summed E-state index contributed by atoms with van der Waals surface area (Å²) < 4.78 is 6.43. The van der Waals surface area contributed by atoms with Crippen molar-refractivity contribution in [1.29, 1.82) is 0 Å². The summed E-state index contributed by atoms with van der Waals surface area (Å²) in [7, 11) is -0.997. The third kappa shape index (κ3) is 3.05. The second-order valence-corrected chi connectivity index (χ2v) is 11.1. The first-order valence-electron chi connectivity index (χ1n) is 9.48. The number of ketones is 1. The molecule has 2 aliphatic rings. The Kier molecular flexibility index (Phi) is 4.91. The molecule has 1 saturated heterocycles. The lowest BCUT2D eigenvalue weighted by atomic mass is 9.60. The van der Waals surface area contributed by atoms with E-state index in [9.17, 15) is 9.59 Å². The van der Waals surface area contributed by atoms with E-state index in [2.05, 4.69) is 46.1 Å². The highest BCUT2D eigenvalue weighted by Crippen LogP contribution is 2.47. The van der Waals surface area contributed by atoms with Gasteiger partial charge in [-0.3, -0.25) is 9.59 Å². The zero-order chi connectivity index (χ0) is 19.3. The molecule has 0 unspecified atom stereocenters. The summed E-state index contributed by atoms with van der Waals surface area (Å²) in [5.74, 6) is -0.275. The molecule has 0 aromatic heterocycles. The Morgan fingerprint density at radius 2 is 1.77 bits per heavy atom. The predicted octanol–water partition coefficient (Wildman–Crippen LogP) is 3.62. The maximum atomic E-state index is 13.1. The van der Waals surface area contributed by atoms with E-state index >= 15 is 0 Å². The lowest BCUT2D eigenvalue weighted by molar-refractivity contribution is -0.161. The molecule has 0 spiro atoms. The number of aryl methyl sites for hydroxylation is 1. The number of hydrogen-bond acceptors (Lipinski definition) is 3. The van der Waals surface area contributed by atoms with Crippen LogP contribution >= 0.6 is 0 Å². The lowest BCUT2D eigenvalue weighted by Gasteiger charge is -2.56. The normalized spacial score (nSPS) is 28.2. The van der Waals surface area contributed by atoms with Crippen LogP contribution in [0.4, 0.5) is 0 Å². The van der Waals surface area contributed by atoms with Crippen LogP contribution in [-0.2, 0) is 15.6 Å². The standard InChI is InChI=1S/C21H30NO3Si/c1-20(2,3)21(4,25-26(5)6)16-17(22-19(16)24)15-12-11-13-9-7-8-10-14(13)18(15)23/h7-10,15-17H,11-12H2,1-6H3,(H,22,24)/t15-,16-,17-,21-/m1/s1. The minimum atomic E-state index is -0.997. The highest BCUT2D eigenvalue weighted by Gasteiger charge is 2.60. The second-order valence-electron chi connectivity index (χ2n) is 9.05. The Labute approximate surface area is 158 Å². The van der Waals surface area contributed by atoms with Crippen molar-refractivity contribution < 1.29 is 14.0 Å². The summed E-state index contributed by atoms with van der Waals surface area (Å²) in [6.45, 7) is 12.6. The van der Waals surface area contributed by atoms with Gasteiger partial charge in [-0.1, -0.05) is 45.0 Å². The average molecular weight is 373 g/mol. The van der Waals surface area contributed by atoms with E-state index in [1.165, 1.54) is 0 Å². The van der Waals surface area contributed by atoms with Crippen molar-refractivity contribution in [3.63, 3.8) is 0 Å². The van der Waals surface area contributed by atoms with Crippen LogP contribution in [0.2, 0.25) is 13.1 Å². The van der Waals surface area contributed by atoms with Crippen molar-refractivity contribution in [2.75, 3.05) is 0 Å². The van der Waals surface area contributed by atoms with Crippen LogP contribution < -0.4 is 5.32 Å². The van der Waals surface area contributed by atoms with E-state index in [1.54, 1.807) is 0 Å². The number of fused-ring (bicyclic) bond motifs is 1.